The second-order valence-corrected chi connectivity index (χ2v) is 12.3. The molecule has 2 aromatic heterocycles. The van der Waals surface area contributed by atoms with Crippen molar-refractivity contribution < 1.29 is 9.47 Å². The lowest BCUT2D eigenvalue weighted by atomic mass is 9.82. The number of ether oxygens (including phenoxy) is 2. The first-order valence-corrected chi connectivity index (χ1v) is 15.6. The maximum absolute atomic E-state index is 6.94. The Morgan fingerprint density at radius 3 is 1.98 bits per heavy atom. The molecule has 1 aliphatic carbocycles. The Morgan fingerprint density at radius 2 is 1.15 bits per heavy atom. The first-order valence-electron chi connectivity index (χ1n) is 15.6. The molecule has 9 rings (SSSR count). The van der Waals surface area contributed by atoms with Crippen LogP contribution in [0.5, 0.6) is 23.0 Å². The third kappa shape index (κ3) is 4.33. The van der Waals surface area contributed by atoms with Gasteiger partial charge >= 0.3 is 0 Å². The summed E-state index contributed by atoms with van der Waals surface area (Å²) >= 11 is 0. The quantitative estimate of drug-likeness (QED) is 0.198. The monoisotopic (exact) mass is 608 g/mol. The molecule has 0 amide bonds. The van der Waals surface area contributed by atoms with Crippen LogP contribution in [0.4, 0.5) is 0 Å². The van der Waals surface area contributed by atoms with Gasteiger partial charge in [0.2, 0.25) is 0 Å². The molecule has 47 heavy (non-hydrogen) atoms. The lowest BCUT2D eigenvalue weighted by Gasteiger charge is -2.26. The summed E-state index contributed by atoms with van der Waals surface area (Å²) in [5.41, 5.74) is 8.83. The third-order valence-corrected chi connectivity index (χ3v) is 9.09. The fourth-order valence-corrected chi connectivity index (χ4v) is 6.79. The summed E-state index contributed by atoms with van der Waals surface area (Å²) in [6, 6.07) is 42.6. The number of fused-ring (bicyclic) bond motifs is 6. The molecule has 0 bridgehead atoms. The number of nitrogens with zero attached hydrogens (tertiary/aromatic N) is 4. The van der Waals surface area contributed by atoms with Crippen molar-refractivity contribution >= 4 is 0 Å². The SMILES string of the molecule is CC1(C)c2ccccc2-c2c1ccc1c2Oc2c(cccc2-c2ccccc2-c2nc(-c3ccccc3)nc(-c3ccccn3)n2)O1. The van der Waals surface area contributed by atoms with Crippen molar-refractivity contribution in [2.45, 2.75) is 19.3 Å². The van der Waals surface area contributed by atoms with Crippen molar-refractivity contribution in [1.82, 2.24) is 19.9 Å². The van der Waals surface area contributed by atoms with Crippen molar-refractivity contribution in [3.05, 3.63) is 145 Å². The molecular weight excluding hydrogens is 580 g/mol. The molecule has 0 saturated carbocycles. The van der Waals surface area contributed by atoms with Crippen molar-refractivity contribution in [2.24, 2.45) is 0 Å². The third-order valence-electron chi connectivity index (χ3n) is 9.09. The van der Waals surface area contributed by atoms with Gasteiger partial charge in [-0.05, 0) is 46.5 Å². The van der Waals surface area contributed by atoms with Gasteiger partial charge in [0.05, 0.1) is 0 Å². The standard InChI is InChI=1S/C41H28N4O2/c1-41(2)30-19-9-8-17-29(30)35-31(41)22-23-34-37(35)47-36-27(18-12-21-33(36)46-34)26-15-6-7-16-28(26)39-43-38(25-13-4-3-5-14-25)44-40(45-39)32-20-10-11-24-42-32/h3-24H,1-2H3. The summed E-state index contributed by atoms with van der Waals surface area (Å²) in [5, 5.41) is 0. The van der Waals surface area contributed by atoms with E-state index in [9.17, 15) is 0 Å². The minimum Gasteiger partial charge on any atom is -0.449 e. The molecule has 2 aliphatic rings. The molecule has 1 aliphatic heterocycles. The summed E-state index contributed by atoms with van der Waals surface area (Å²) < 4.78 is 13.5. The highest BCUT2D eigenvalue weighted by atomic mass is 16.6. The van der Waals surface area contributed by atoms with Crippen LogP contribution in [-0.2, 0) is 5.41 Å². The lowest BCUT2D eigenvalue weighted by molar-refractivity contribution is 0.361. The van der Waals surface area contributed by atoms with Gasteiger partial charge < -0.3 is 9.47 Å². The van der Waals surface area contributed by atoms with Crippen LogP contribution in [0, 0.1) is 0 Å². The average molecular weight is 609 g/mol. The number of pyridine rings is 1. The van der Waals surface area contributed by atoms with Crippen LogP contribution in [0.1, 0.15) is 25.0 Å². The summed E-state index contributed by atoms with van der Waals surface area (Å²) in [5.74, 6) is 4.38. The van der Waals surface area contributed by atoms with E-state index in [1.807, 2.05) is 84.9 Å². The maximum atomic E-state index is 6.94. The van der Waals surface area contributed by atoms with Gasteiger partial charge in [0.15, 0.2) is 40.5 Å². The molecule has 5 aromatic carbocycles. The van der Waals surface area contributed by atoms with E-state index in [1.54, 1.807) is 6.20 Å². The zero-order chi connectivity index (χ0) is 31.5. The number of rotatable bonds is 4. The summed E-state index contributed by atoms with van der Waals surface area (Å²) in [4.78, 5) is 19.3. The minimum atomic E-state index is -0.156. The second-order valence-electron chi connectivity index (χ2n) is 12.3. The Morgan fingerprint density at radius 1 is 0.468 bits per heavy atom. The zero-order valence-electron chi connectivity index (χ0n) is 25.8. The molecular formula is C41H28N4O2. The Kier molecular flexibility index (Phi) is 6.05. The summed E-state index contributed by atoms with van der Waals surface area (Å²) in [6.07, 6.45) is 1.75. The van der Waals surface area contributed by atoms with Gasteiger partial charge in [0.1, 0.15) is 5.69 Å². The van der Waals surface area contributed by atoms with Crippen molar-refractivity contribution in [3.63, 3.8) is 0 Å². The first kappa shape index (κ1) is 27.2. The number of para-hydroxylation sites is 1. The smallest absolute Gasteiger partial charge is 0.182 e. The van der Waals surface area contributed by atoms with E-state index >= 15 is 0 Å². The van der Waals surface area contributed by atoms with Gasteiger partial charge in [-0.2, -0.15) is 0 Å². The highest BCUT2D eigenvalue weighted by Gasteiger charge is 2.40. The van der Waals surface area contributed by atoms with E-state index < -0.39 is 0 Å². The van der Waals surface area contributed by atoms with Crippen LogP contribution in [0.3, 0.4) is 0 Å². The van der Waals surface area contributed by atoms with E-state index in [1.165, 1.54) is 16.7 Å². The van der Waals surface area contributed by atoms with Crippen LogP contribution in [-0.4, -0.2) is 19.9 Å². The van der Waals surface area contributed by atoms with E-state index in [-0.39, 0.29) is 5.41 Å². The van der Waals surface area contributed by atoms with E-state index in [0.29, 0.717) is 40.4 Å². The largest absolute Gasteiger partial charge is 0.449 e. The highest BCUT2D eigenvalue weighted by Crippen LogP contribution is 2.59. The van der Waals surface area contributed by atoms with E-state index in [2.05, 4.69) is 61.3 Å². The Bertz CT molecular complexity index is 2280. The number of hydrogen-bond acceptors (Lipinski definition) is 6. The molecule has 0 saturated heterocycles. The normalized spacial score (nSPS) is 13.4. The fourth-order valence-electron chi connectivity index (χ4n) is 6.79. The second kappa shape index (κ2) is 10.5. The molecule has 0 N–H and O–H groups in total. The van der Waals surface area contributed by atoms with Gasteiger partial charge in [-0.1, -0.05) is 117 Å². The summed E-state index contributed by atoms with van der Waals surface area (Å²) in [6.45, 7) is 4.53. The van der Waals surface area contributed by atoms with Crippen molar-refractivity contribution in [1.29, 1.82) is 0 Å². The predicted octanol–water partition coefficient (Wildman–Crippen LogP) is 10.1. The predicted molar refractivity (Wildman–Crippen MR) is 184 cm³/mol. The first-order chi connectivity index (χ1) is 23.1. The molecule has 0 fully saturated rings. The van der Waals surface area contributed by atoms with Gasteiger partial charge in [0.25, 0.3) is 0 Å². The van der Waals surface area contributed by atoms with Gasteiger partial charge in [0, 0.05) is 33.9 Å². The van der Waals surface area contributed by atoms with Crippen molar-refractivity contribution in [2.75, 3.05) is 0 Å². The van der Waals surface area contributed by atoms with Crippen LogP contribution >= 0.6 is 0 Å². The lowest BCUT2D eigenvalue weighted by Crippen LogP contribution is -2.15. The van der Waals surface area contributed by atoms with E-state index in [0.717, 1.165) is 33.6 Å². The van der Waals surface area contributed by atoms with Crippen LogP contribution in [0.15, 0.2) is 134 Å². The molecule has 224 valence electrons. The van der Waals surface area contributed by atoms with Crippen molar-refractivity contribution in [3.8, 4) is 79.5 Å². The molecule has 0 radical (unpaired) electrons. The average Bonchev–Trinajstić information content (AvgIpc) is 3.37. The molecule has 0 atom stereocenters. The van der Waals surface area contributed by atoms with Gasteiger partial charge in [-0.25, -0.2) is 15.0 Å². The highest BCUT2D eigenvalue weighted by molar-refractivity contribution is 5.90. The zero-order valence-corrected chi connectivity index (χ0v) is 25.8. The number of aromatic nitrogens is 4. The molecule has 6 heteroatoms. The Balaban J connectivity index is 1.21. The minimum absolute atomic E-state index is 0.156. The van der Waals surface area contributed by atoms with Crippen LogP contribution in [0.25, 0.3) is 56.5 Å². The fraction of sp³-hybridized carbons (Fsp3) is 0.0732. The van der Waals surface area contributed by atoms with Crippen LogP contribution < -0.4 is 9.47 Å². The molecule has 3 heterocycles. The van der Waals surface area contributed by atoms with Crippen LogP contribution in [0.2, 0.25) is 0 Å². The molecule has 6 nitrogen and oxygen atoms in total. The summed E-state index contributed by atoms with van der Waals surface area (Å²) in [7, 11) is 0. The molecule has 0 spiro atoms. The maximum Gasteiger partial charge on any atom is 0.182 e. The molecule has 7 aromatic rings. The van der Waals surface area contributed by atoms with Gasteiger partial charge in [-0.15, -0.1) is 0 Å². The van der Waals surface area contributed by atoms with E-state index in [4.69, 9.17) is 24.4 Å². The number of hydrogen-bond donors (Lipinski definition) is 0. The van der Waals surface area contributed by atoms with Gasteiger partial charge in [-0.3, -0.25) is 4.98 Å². The topological polar surface area (TPSA) is 70.0 Å². The number of benzene rings is 5. The Hall–Kier alpha value is -6.14. The molecule has 0 unspecified atom stereocenters. The Labute approximate surface area is 272 Å².